The highest BCUT2D eigenvalue weighted by atomic mass is 32.1. The van der Waals surface area contributed by atoms with Gasteiger partial charge in [-0.05, 0) is 24.6 Å². The van der Waals surface area contributed by atoms with Gasteiger partial charge in [0.25, 0.3) is 0 Å². The number of hydrogen-bond acceptors (Lipinski definition) is 5. The molecular weight excluding hydrogens is 256 g/mol. The SMILES string of the molecule is CN1CCN(CCNc2nccc3sccc23)CC1. The number of pyridine rings is 1. The Bertz CT molecular complexity index is 531. The molecule has 3 heterocycles. The molecular formula is C14H20N4S. The zero-order valence-electron chi connectivity index (χ0n) is 11.3. The fraction of sp³-hybridized carbons (Fsp3) is 0.500. The highest BCUT2D eigenvalue weighted by Crippen LogP contribution is 2.25. The Morgan fingerprint density at radius 2 is 2.11 bits per heavy atom. The fourth-order valence-corrected chi connectivity index (χ4v) is 3.22. The van der Waals surface area contributed by atoms with E-state index < -0.39 is 0 Å². The Kier molecular flexibility index (Phi) is 3.96. The summed E-state index contributed by atoms with van der Waals surface area (Å²) in [5.74, 6) is 1.02. The Morgan fingerprint density at radius 1 is 1.26 bits per heavy atom. The van der Waals surface area contributed by atoms with Crippen molar-refractivity contribution < 1.29 is 0 Å². The fourth-order valence-electron chi connectivity index (χ4n) is 2.44. The van der Waals surface area contributed by atoms with Crippen LogP contribution in [0.3, 0.4) is 0 Å². The summed E-state index contributed by atoms with van der Waals surface area (Å²) in [5.41, 5.74) is 0. The van der Waals surface area contributed by atoms with Crippen LogP contribution in [0.4, 0.5) is 5.82 Å². The second-order valence-electron chi connectivity index (χ2n) is 5.06. The van der Waals surface area contributed by atoms with Crippen LogP contribution in [0.5, 0.6) is 0 Å². The van der Waals surface area contributed by atoms with Gasteiger partial charge in [-0.1, -0.05) is 0 Å². The molecule has 0 unspecified atom stereocenters. The molecule has 3 rings (SSSR count). The molecule has 0 atom stereocenters. The van der Waals surface area contributed by atoms with E-state index in [0.717, 1.165) is 18.9 Å². The van der Waals surface area contributed by atoms with E-state index >= 15 is 0 Å². The van der Waals surface area contributed by atoms with Crippen LogP contribution in [0, 0.1) is 0 Å². The quantitative estimate of drug-likeness (QED) is 0.925. The highest BCUT2D eigenvalue weighted by Gasteiger charge is 2.13. The van der Waals surface area contributed by atoms with Crippen LogP contribution in [0.2, 0.25) is 0 Å². The Labute approximate surface area is 118 Å². The number of piperazine rings is 1. The van der Waals surface area contributed by atoms with Crippen LogP contribution in [0.15, 0.2) is 23.7 Å². The van der Waals surface area contributed by atoms with Crippen molar-refractivity contribution in [3.63, 3.8) is 0 Å². The van der Waals surface area contributed by atoms with Crippen molar-refractivity contribution in [2.45, 2.75) is 0 Å². The zero-order chi connectivity index (χ0) is 13.1. The number of nitrogens with zero attached hydrogens (tertiary/aromatic N) is 3. The van der Waals surface area contributed by atoms with Crippen LogP contribution in [-0.2, 0) is 0 Å². The van der Waals surface area contributed by atoms with Gasteiger partial charge in [-0.15, -0.1) is 11.3 Å². The van der Waals surface area contributed by atoms with Crippen molar-refractivity contribution in [1.82, 2.24) is 14.8 Å². The van der Waals surface area contributed by atoms with Gasteiger partial charge < -0.3 is 10.2 Å². The standard InChI is InChI=1S/C14H20N4S/c1-17-7-9-18(10-8-17)6-5-16-14-12-3-11-19-13(12)2-4-15-14/h2-4,11H,5-10H2,1H3,(H,15,16). The third kappa shape index (κ3) is 3.05. The maximum Gasteiger partial charge on any atom is 0.134 e. The molecule has 1 aliphatic heterocycles. The van der Waals surface area contributed by atoms with Crippen molar-refractivity contribution >= 4 is 27.2 Å². The van der Waals surface area contributed by atoms with Gasteiger partial charge in [0.1, 0.15) is 5.82 Å². The minimum atomic E-state index is 0.964. The van der Waals surface area contributed by atoms with Crippen molar-refractivity contribution in [3.05, 3.63) is 23.7 Å². The van der Waals surface area contributed by atoms with Crippen LogP contribution >= 0.6 is 11.3 Å². The number of hydrogen-bond donors (Lipinski definition) is 1. The molecule has 1 saturated heterocycles. The summed E-state index contributed by atoms with van der Waals surface area (Å²) in [6, 6.07) is 4.22. The molecule has 0 aliphatic carbocycles. The van der Waals surface area contributed by atoms with E-state index in [1.165, 1.54) is 36.3 Å². The monoisotopic (exact) mass is 276 g/mol. The van der Waals surface area contributed by atoms with Crippen molar-refractivity contribution in [2.24, 2.45) is 0 Å². The first-order chi connectivity index (χ1) is 9.33. The molecule has 5 heteroatoms. The summed E-state index contributed by atoms with van der Waals surface area (Å²) in [5, 5.41) is 6.84. The van der Waals surface area contributed by atoms with Gasteiger partial charge in [-0.25, -0.2) is 4.98 Å². The summed E-state index contributed by atoms with van der Waals surface area (Å²) < 4.78 is 1.30. The van der Waals surface area contributed by atoms with Crippen molar-refractivity contribution in [1.29, 1.82) is 0 Å². The zero-order valence-corrected chi connectivity index (χ0v) is 12.1. The largest absolute Gasteiger partial charge is 0.368 e. The third-order valence-electron chi connectivity index (χ3n) is 3.70. The van der Waals surface area contributed by atoms with Gasteiger partial charge in [-0.3, -0.25) is 4.90 Å². The summed E-state index contributed by atoms with van der Waals surface area (Å²) in [6.07, 6.45) is 1.89. The van der Waals surface area contributed by atoms with Gasteiger partial charge >= 0.3 is 0 Å². The normalized spacial score (nSPS) is 17.9. The lowest BCUT2D eigenvalue weighted by Crippen LogP contribution is -2.45. The number of thiophene rings is 1. The van der Waals surface area contributed by atoms with E-state index in [2.05, 4.69) is 44.7 Å². The van der Waals surface area contributed by atoms with E-state index in [0.29, 0.717) is 0 Å². The predicted octanol–water partition coefficient (Wildman–Crippen LogP) is 1.96. The summed E-state index contributed by atoms with van der Waals surface area (Å²) in [7, 11) is 2.19. The lowest BCUT2D eigenvalue weighted by atomic mass is 10.3. The minimum Gasteiger partial charge on any atom is -0.368 e. The minimum absolute atomic E-state index is 0.964. The second-order valence-corrected chi connectivity index (χ2v) is 6.01. The molecule has 2 aromatic rings. The van der Waals surface area contributed by atoms with Crippen LogP contribution in [0.1, 0.15) is 0 Å². The number of aromatic nitrogens is 1. The Balaban J connectivity index is 1.53. The number of fused-ring (bicyclic) bond motifs is 1. The summed E-state index contributed by atoms with van der Waals surface area (Å²) >= 11 is 1.77. The van der Waals surface area contributed by atoms with Crippen LogP contribution < -0.4 is 5.32 Å². The van der Waals surface area contributed by atoms with E-state index in [1.54, 1.807) is 11.3 Å². The number of likely N-dealkylation sites (N-methyl/N-ethyl adjacent to an activating group) is 1. The predicted molar refractivity (Wildman–Crippen MR) is 82.0 cm³/mol. The molecule has 19 heavy (non-hydrogen) atoms. The molecule has 4 nitrogen and oxygen atoms in total. The third-order valence-corrected chi connectivity index (χ3v) is 4.58. The van der Waals surface area contributed by atoms with E-state index in [1.807, 2.05) is 6.20 Å². The first kappa shape index (κ1) is 12.8. The highest BCUT2D eigenvalue weighted by molar-refractivity contribution is 7.17. The smallest absolute Gasteiger partial charge is 0.134 e. The second kappa shape index (κ2) is 5.86. The summed E-state index contributed by atoms with van der Waals surface area (Å²) in [6.45, 7) is 6.76. The molecule has 0 spiro atoms. The van der Waals surface area contributed by atoms with Gasteiger partial charge in [0.15, 0.2) is 0 Å². The van der Waals surface area contributed by atoms with Gasteiger partial charge in [0, 0.05) is 55.6 Å². The molecule has 0 aromatic carbocycles. The molecule has 102 valence electrons. The van der Waals surface area contributed by atoms with Crippen molar-refractivity contribution in [3.8, 4) is 0 Å². The van der Waals surface area contributed by atoms with Gasteiger partial charge in [0.05, 0.1) is 0 Å². The van der Waals surface area contributed by atoms with Gasteiger partial charge in [0.2, 0.25) is 0 Å². The summed E-state index contributed by atoms with van der Waals surface area (Å²) in [4.78, 5) is 9.34. The van der Waals surface area contributed by atoms with E-state index in [9.17, 15) is 0 Å². The first-order valence-electron chi connectivity index (χ1n) is 6.80. The number of rotatable bonds is 4. The topological polar surface area (TPSA) is 31.4 Å². The molecule has 1 N–H and O–H groups in total. The van der Waals surface area contributed by atoms with Gasteiger partial charge in [-0.2, -0.15) is 0 Å². The molecule has 1 aliphatic rings. The lowest BCUT2D eigenvalue weighted by Gasteiger charge is -2.32. The number of anilines is 1. The first-order valence-corrected chi connectivity index (χ1v) is 7.68. The molecule has 0 radical (unpaired) electrons. The Morgan fingerprint density at radius 3 is 2.95 bits per heavy atom. The number of nitrogens with one attached hydrogen (secondary N) is 1. The maximum absolute atomic E-state index is 4.44. The molecule has 2 aromatic heterocycles. The molecule has 0 saturated carbocycles. The lowest BCUT2D eigenvalue weighted by molar-refractivity contribution is 0.158. The van der Waals surface area contributed by atoms with Crippen LogP contribution in [-0.4, -0.2) is 61.1 Å². The molecule has 0 bridgehead atoms. The van der Waals surface area contributed by atoms with Crippen molar-refractivity contribution in [2.75, 3.05) is 51.6 Å². The van der Waals surface area contributed by atoms with E-state index in [-0.39, 0.29) is 0 Å². The molecule has 1 fully saturated rings. The van der Waals surface area contributed by atoms with Crippen LogP contribution in [0.25, 0.3) is 10.1 Å². The molecule has 0 amide bonds. The average molecular weight is 276 g/mol. The maximum atomic E-state index is 4.44. The van der Waals surface area contributed by atoms with E-state index in [4.69, 9.17) is 0 Å². The Hall–Kier alpha value is -1.17. The average Bonchev–Trinajstić information content (AvgIpc) is 2.90.